The second-order valence-corrected chi connectivity index (χ2v) is 13.6. The van der Waals surface area contributed by atoms with Crippen molar-refractivity contribution in [2.45, 2.75) is 56.1 Å². The molecule has 5 aromatic carbocycles. The lowest BCUT2D eigenvalue weighted by Gasteiger charge is -2.38. The summed E-state index contributed by atoms with van der Waals surface area (Å²) in [6, 6.07) is 44.9. The van der Waals surface area contributed by atoms with Crippen molar-refractivity contribution < 1.29 is 23.0 Å². The summed E-state index contributed by atoms with van der Waals surface area (Å²) in [5, 5.41) is 9.58. The number of hydrogen-bond donors (Lipinski definition) is 2. The molecule has 7 nitrogen and oxygen atoms in total. The molecule has 0 aromatic heterocycles. The van der Waals surface area contributed by atoms with Gasteiger partial charge in [-0.25, -0.2) is 13.1 Å². The quantitative estimate of drug-likeness (QED) is 0.144. The number of aliphatic hydroxyl groups is 1. The highest BCUT2D eigenvalue weighted by molar-refractivity contribution is 7.89. The number of sulfonamides is 1. The molecule has 0 amide bonds. The summed E-state index contributed by atoms with van der Waals surface area (Å²) in [7, 11) is -3.62. The van der Waals surface area contributed by atoms with Gasteiger partial charge in [0.1, 0.15) is 0 Å². The second-order valence-electron chi connectivity index (χ2n) is 11.9. The molecule has 47 heavy (non-hydrogen) atoms. The highest BCUT2D eigenvalue weighted by atomic mass is 32.2. The van der Waals surface area contributed by atoms with Crippen molar-refractivity contribution in [3.8, 4) is 0 Å². The van der Waals surface area contributed by atoms with Crippen LogP contribution in [-0.4, -0.2) is 31.1 Å². The standard InChI is InChI=1S/C39H40N2O5S/c42-29-33-18-20-34(21-19-33)38-24-36(28-41(26-31-10-4-1-5-11-31)27-32-12-6-2-7-13-32)45-39(46-38)35-22-16-30(17-23-35)25-40-47(43,44)37-14-8-3-9-15-37/h1-23,36,38-40,42H,24-29H2/t36-,38+,39+/m0/s1. The topological polar surface area (TPSA) is 88.1 Å². The zero-order chi connectivity index (χ0) is 32.5. The van der Waals surface area contributed by atoms with E-state index in [9.17, 15) is 13.5 Å². The van der Waals surface area contributed by atoms with E-state index in [1.165, 1.54) is 11.1 Å². The van der Waals surface area contributed by atoms with E-state index in [1.807, 2.05) is 60.7 Å². The van der Waals surface area contributed by atoms with Gasteiger partial charge in [0.25, 0.3) is 0 Å². The first-order valence-electron chi connectivity index (χ1n) is 15.9. The fourth-order valence-corrected chi connectivity index (χ4v) is 6.88. The Balaban J connectivity index is 1.20. The number of aliphatic hydroxyl groups excluding tert-OH is 1. The van der Waals surface area contributed by atoms with E-state index in [2.05, 4.69) is 58.2 Å². The lowest BCUT2D eigenvalue weighted by Crippen LogP contribution is -2.39. The van der Waals surface area contributed by atoms with Crippen LogP contribution in [0.15, 0.2) is 144 Å². The Kier molecular flexibility index (Phi) is 10.9. The summed E-state index contributed by atoms with van der Waals surface area (Å²) in [6.45, 7) is 2.42. The predicted octanol–water partition coefficient (Wildman–Crippen LogP) is 6.91. The van der Waals surface area contributed by atoms with Crippen LogP contribution in [0.25, 0.3) is 0 Å². The maximum absolute atomic E-state index is 12.7. The molecule has 1 aliphatic rings. The van der Waals surface area contributed by atoms with Crippen LogP contribution in [0.1, 0.15) is 52.2 Å². The summed E-state index contributed by atoms with van der Waals surface area (Å²) in [5.41, 5.74) is 6.05. The van der Waals surface area contributed by atoms with E-state index < -0.39 is 16.3 Å². The van der Waals surface area contributed by atoms with Gasteiger partial charge >= 0.3 is 0 Å². The van der Waals surface area contributed by atoms with Crippen molar-refractivity contribution in [1.29, 1.82) is 0 Å². The molecule has 1 heterocycles. The molecular formula is C39H40N2O5S. The van der Waals surface area contributed by atoms with Crippen molar-refractivity contribution in [1.82, 2.24) is 9.62 Å². The maximum atomic E-state index is 12.7. The molecule has 242 valence electrons. The fourth-order valence-electron chi connectivity index (χ4n) is 5.84. The highest BCUT2D eigenvalue weighted by Gasteiger charge is 2.33. The fraction of sp³-hybridized carbons (Fsp3) is 0.231. The number of ether oxygens (including phenoxy) is 2. The van der Waals surface area contributed by atoms with Gasteiger partial charge in [-0.15, -0.1) is 0 Å². The molecule has 1 saturated heterocycles. The Morgan fingerprint density at radius 3 is 1.74 bits per heavy atom. The Hall–Kier alpha value is -4.15. The minimum atomic E-state index is -3.62. The van der Waals surface area contributed by atoms with Gasteiger partial charge in [-0.05, 0) is 39.9 Å². The molecule has 6 rings (SSSR count). The van der Waals surface area contributed by atoms with E-state index in [1.54, 1.807) is 30.3 Å². The van der Waals surface area contributed by atoms with E-state index in [4.69, 9.17) is 9.47 Å². The molecule has 0 aliphatic carbocycles. The van der Waals surface area contributed by atoms with Crippen LogP contribution < -0.4 is 4.72 Å². The highest BCUT2D eigenvalue weighted by Crippen LogP contribution is 2.38. The molecule has 2 N–H and O–H groups in total. The molecule has 8 heteroatoms. The zero-order valence-corrected chi connectivity index (χ0v) is 27.0. The molecule has 0 bridgehead atoms. The van der Waals surface area contributed by atoms with Crippen LogP contribution in [-0.2, 0) is 45.7 Å². The smallest absolute Gasteiger partial charge is 0.240 e. The van der Waals surface area contributed by atoms with Crippen molar-refractivity contribution in [3.05, 3.63) is 173 Å². The molecule has 1 fully saturated rings. The lowest BCUT2D eigenvalue weighted by molar-refractivity contribution is -0.253. The predicted molar refractivity (Wildman–Crippen MR) is 182 cm³/mol. The normalized spacial score (nSPS) is 18.3. The van der Waals surface area contributed by atoms with Gasteiger partial charge in [0.2, 0.25) is 10.0 Å². The van der Waals surface area contributed by atoms with Crippen LogP contribution in [0.3, 0.4) is 0 Å². The van der Waals surface area contributed by atoms with Crippen LogP contribution in [0, 0.1) is 0 Å². The monoisotopic (exact) mass is 648 g/mol. The summed E-state index contributed by atoms with van der Waals surface area (Å²) in [4.78, 5) is 2.66. The van der Waals surface area contributed by atoms with Gasteiger partial charge in [-0.2, -0.15) is 0 Å². The van der Waals surface area contributed by atoms with Crippen molar-refractivity contribution >= 4 is 10.0 Å². The van der Waals surface area contributed by atoms with E-state index >= 15 is 0 Å². The van der Waals surface area contributed by atoms with Gasteiger partial charge < -0.3 is 14.6 Å². The molecule has 5 aromatic rings. The molecule has 0 radical (unpaired) electrons. The first-order valence-corrected chi connectivity index (χ1v) is 17.4. The number of nitrogens with zero attached hydrogens (tertiary/aromatic N) is 1. The Labute approximate surface area is 277 Å². The molecule has 0 spiro atoms. The maximum Gasteiger partial charge on any atom is 0.240 e. The minimum Gasteiger partial charge on any atom is -0.392 e. The van der Waals surface area contributed by atoms with Gasteiger partial charge in [0.05, 0.1) is 23.7 Å². The Morgan fingerprint density at radius 2 is 1.17 bits per heavy atom. The third-order valence-corrected chi connectivity index (χ3v) is 9.76. The molecule has 1 aliphatic heterocycles. The number of rotatable bonds is 13. The number of benzene rings is 5. The SMILES string of the molecule is O=S(=O)(NCc1ccc([C@@H]2O[C@H](CN(Cc3ccccc3)Cc3ccccc3)C[C@H](c3ccc(CO)cc3)O2)cc1)c1ccccc1. The summed E-state index contributed by atoms with van der Waals surface area (Å²) in [5.74, 6) is 0. The van der Waals surface area contributed by atoms with Crippen LogP contribution in [0.2, 0.25) is 0 Å². The second kappa shape index (κ2) is 15.6. The van der Waals surface area contributed by atoms with E-state index in [-0.39, 0.29) is 30.3 Å². The average Bonchev–Trinajstić information content (AvgIpc) is 3.12. The number of hydrogen-bond acceptors (Lipinski definition) is 6. The van der Waals surface area contributed by atoms with Crippen molar-refractivity contribution in [2.24, 2.45) is 0 Å². The van der Waals surface area contributed by atoms with Gasteiger partial charge in [0, 0.05) is 38.2 Å². The van der Waals surface area contributed by atoms with Crippen molar-refractivity contribution in [2.75, 3.05) is 6.54 Å². The zero-order valence-electron chi connectivity index (χ0n) is 26.2. The van der Waals surface area contributed by atoms with Crippen LogP contribution in [0.5, 0.6) is 0 Å². The first-order chi connectivity index (χ1) is 22.9. The van der Waals surface area contributed by atoms with Crippen LogP contribution in [0.4, 0.5) is 0 Å². The summed E-state index contributed by atoms with van der Waals surface area (Å²) in [6.07, 6.45) is -0.268. The van der Waals surface area contributed by atoms with Gasteiger partial charge in [-0.1, -0.05) is 127 Å². The van der Waals surface area contributed by atoms with Crippen LogP contribution >= 0.6 is 0 Å². The molecule has 3 atom stereocenters. The molecule has 0 saturated carbocycles. The average molecular weight is 649 g/mol. The largest absolute Gasteiger partial charge is 0.392 e. The van der Waals surface area contributed by atoms with E-state index in [0.29, 0.717) is 13.0 Å². The summed E-state index contributed by atoms with van der Waals surface area (Å²) >= 11 is 0. The van der Waals surface area contributed by atoms with Gasteiger partial charge in [0.15, 0.2) is 6.29 Å². The number of nitrogens with one attached hydrogen (secondary N) is 1. The Morgan fingerprint density at radius 1 is 0.638 bits per heavy atom. The van der Waals surface area contributed by atoms with E-state index in [0.717, 1.165) is 35.3 Å². The van der Waals surface area contributed by atoms with Gasteiger partial charge in [-0.3, -0.25) is 4.90 Å². The third kappa shape index (κ3) is 9.02. The summed E-state index contributed by atoms with van der Waals surface area (Å²) < 4.78 is 41.4. The first kappa shape index (κ1) is 32.8. The molecule has 0 unspecified atom stereocenters. The minimum absolute atomic E-state index is 0.0120. The molecular weight excluding hydrogens is 609 g/mol. The Bertz CT molecular complexity index is 1740. The van der Waals surface area contributed by atoms with Crippen molar-refractivity contribution in [3.63, 3.8) is 0 Å². The lowest BCUT2D eigenvalue weighted by atomic mass is 9.99. The third-order valence-electron chi connectivity index (χ3n) is 8.35.